The van der Waals surface area contributed by atoms with Crippen LogP contribution in [0.3, 0.4) is 0 Å². The number of hydrogen-bond donors (Lipinski definition) is 4. The van der Waals surface area contributed by atoms with Crippen molar-refractivity contribution in [1.82, 2.24) is 15.6 Å². The van der Waals surface area contributed by atoms with Gasteiger partial charge in [-0.1, -0.05) is 19.8 Å². The molecule has 0 bridgehead atoms. The summed E-state index contributed by atoms with van der Waals surface area (Å²) in [7, 11) is 0. The van der Waals surface area contributed by atoms with Gasteiger partial charge in [0.1, 0.15) is 0 Å². The molecule has 0 atom stereocenters. The Labute approximate surface area is 129 Å². The Hall–Kier alpha value is -1.83. The number of nitrogens with two attached hydrogens (primary N) is 2. The Kier molecular flexibility index (Phi) is 8.18. The van der Waals surface area contributed by atoms with Crippen LogP contribution in [-0.4, -0.2) is 30.1 Å². The third-order valence-corrected chi connectivity index (χ3v) is 3.63. The van der Waals surface area contributed by atoms with E-state index >= 15 is 0 Å². The van der Waals surface area contributed by atoms with Crippen LogP contribution in [0.1, 0.15) is 37.5 Å². The minimum absolute atomic E-state index is 0.145. The first kappa shape index (κ1) is 17.2. The number of carbonyl (C=O) groups is 1. The largest absolute Gasteiger partial charge is 0.375 e. The number of anilines is 1. The highest BCUT2D eigenvalue weighted by Gasteiger charge is 2.01. The van der Waals surface area contributed by atoms with Gasteiger partial charge in [0.15, 0.2) is 11.1 Å². The fourth-order valence-corrected chi connectivity index (χ4v) is 2.39. The van der Waals surface area contributed by atoms with Crippen molar-refractivity contribution in [3.8, 4) is 0 Å². The van der Waals surface area contributed by atoms with Gasteiger partial charge in [-0.3, -0.25) is 10.3 Å². The Bertz CT molecular complexity index is 459. The van der Waals surface area contributed by atoms with Gasteiger partial charge in [-0.05, 0) is 19.3 Å². The average Bonchev–Trinajstić information content (AvgIpc) is 2.85. The number of hydrogen-bond acceptors (Lipinski definition) is 5. The van der Waals surface area contributed by atoms with Crippen LogP contribution in [0.5, 0.6) is 0 Å². The number of aryl methyl sites for hydroxylation is 1. The molecule has 1 rings (SSSR count). The molecular weight excluding hydrogens is 288 g/mol. The number of unbranched alkanes of at least 4 members (excludes halogenated alkanes) is 2. The first-order valence-electron chi connectivity index (χ1n) is 7.16. The van der Waals surface area contributed by atoms with E-state index in [0.29, 0.717) is 18.2 Å². The van der Waals surface area contributed by atoms with E-state index in [1.807, 2.05) is 0 Å². The van der Waals surface area contributed by atoms with Gasteiger partial charge in [0, 0.05) is 24.2 Å². The summed E-state index contributed by atoms with van der Waals surface area (Å²) in [4.78, 5) is 20.7. The number of thiazole rings is 1. The number of urea groups is 1. The molecule has 1 aromatic rings. The van der Waals surface area contributed by atoms with Crippen molar-refractivity contribution in [2.75, 3.05) is 18.8 Å². The Morgan fingerprint density at radius 1 is 1.43 bits per heavy atom. The maximum Gasteiger partial charge on any atom is 0.321 e. The standard InChI is InChI=1S/C13H24N6OS/c1-2-3-4-7-17-13(20)19-11(14)16-8-5-6-10-9-18-12(15)21-10/h9H,2-8H2,1H3,(H2,15,18)(H4,14,16,17,19,20). The molecule has 0 aromatic carbocycles. The Balaban J connectivity index is 2.13. The van der Waals surface area contributed by atoms with Gasteiger partial charge in [0.05, 0.1) is 0 Å². The first-order chi connectivity index (χ1) is 10.1. The molecule has 0 saturated heterocycles. The summed E-state index contributed by atoms with van der Waals surface area (Å²) in [6, 6.07) is -0.303. The fourth-order valence-electron chi connectivity index (χ4n) is 1.67. The molecule has 0 aliphatic carbocycles. The average molecular weight is 312 g/mol. The molecule has 0 fully saturated rings. The van der Waals surface area contributed by atoms with Crippen molar-refractivity contribution in [2.45, 2.75) is 39.0 Å². The van der Waals surface area contributed by atoms with Gasteiger partial charge in [0.25, 0.3) is 0 Å². The van der Waals surface area contributed by atoms with Crippen LogP contribution >= 0.6 is 11.3 Å². The van der Waals surface area contributed by atoms with E-state index in [9.17, 15) is 4.79 Å². The highest BCUT2D eigenvalue weighted by molar-refractivity contribution is 7.15. The second-order valence-corrected chi connectivity index (χ2v) is 5.77. The lowest BCUT2D eigenvalue weighted by Crippen LogP contribution is -2.43. The second-order valence-electron chi connectivity index (χ2n) is 4.62. The van der Waals surface area contributed by atoms with Crippen molar-refractivity contribution < 1.29 is 4.79 Å². The lowest BCUT2D eigenvalue weighted by atomic mass is 10.2. The zero-order valence-corrected chi connectivity index (χ0v) is 13.2. The highest BCUT2D eigenvalue weighted by atomic mass is 32.1. The lowest BCUT2D eigenvalue weighted by Gasteiger charge is -2.06. The van der Waals surface area contributed by atoms with Crippen LogP contribution in [0.2, 0.25) is 0 Å². The Morgan fingerprint density at radius 3 is 2.90 bits per heavy atom. The Morgan fingerprint density at radius 2 is 2.24 bits per heavy atom. The molecule has 7 nitrogen and oxygen atoms in total. The van der Waals surface area contributed by atoms with Gasteiger partial charge in [-0.25, -0.2) is 9.78 Å². The third-order valence-electron chi connectivity index (χ3n) is 2.74. The van der Waals surface area contributed by atoms with Crippen LogP contribution in [0, 0.1) is 0 Å². The summed E-state index contributed by atoms with van der Waals surface area (Å²) < 4.78 is 0. The molecule has 0 spiro atoms. The van der Waals surface area contributed by atoms with Gasteiger partial charge in [0.2, 0.25) is 0 Å². The van der Waals surface area contributed by atoms with Crippen molar-refractivity contribution in [1.29, 1.82) is 0 Å². The molecule has 0 aliphatic heterocycles. The molecule has 6 N–H and O–H groups in total. The lowest BCUT2D eigenvalue weighted by molar-refractivity contribution is 0.245. The summed E-state index contributed by atoms with van der Waals surface area (Å²) in [5, 5.41) is 5.82. The first-order valence-corrected chi connectivity index (χ1v) is 7.98. The van der Waals surface area contributed by atoms with Crippen molar-refractivity contribution in [3.05, 3.63) is 11.1 Å². The van der Waals surface area contributed by atoms with Gasteiger partial charge >= 0.3 is 6.03 Å². The molecule has 2 amide bonds. The summed E-state index contributed by atoms with van der Waals surface area (Å²) in [6.45, 7) is 3.32. The predicted octanol–water partition coefficient (Wildman–Crippen LogP) is 1.46. The van der Waals surface area contributed by atoms with Gasteiger partial charge in [-0.15, -0.1) is 11.3 Å². The molecule has 0 aliphatic rings. The summed E-state index contributed by atoms with van der Waals surface area (Å²) >= 11 is 1.48. The third kappa shape index (κ3) is 8.13. The zero-order valence-electron chi connectivity index (χ0n) is 12.4. The topological polar surface area (TPSA) is 118 Å². The van der Waals surface area contributed by atoms with Crippen molar-refractivity contribution >= 4 is 28.5 Å². The van der Waals surface area contributed by atoms with E-state index < -0.39 is 0 Å². The molecule has 21 heavy (non-hydrogen) atoms. The van der Waals surface area contributed by atoms with Crippen LogP contribution in [0.4, 0.5) is 9.93 Å². The van der Waals surface area contributed by atoms with Crippen molar-refractivity contribution in [3.63, 3.8) is 0 Å². The quantitative estimate of drug-likeness (QED) is 0.330. The molecule has 0 radical (unpaired) electrons. The number of nitrogen functional groups attached to an aromatic ring is 1. The van der Waals surface area contributed by atoms with Gasteiger partial charge in [-0.2, -0.15) is 0 Å². The van der Waals surface area contributed by atoms with E-state index in [1.54, 1.807) is 6.20 Å². The highest BCUT2D eigenvalue weighted by Crippen LogP contribution is 2.15. The van der Waals surface area contributed by atoms with Gasteiger partial charge < -0.3 is 16.8 Å². The fraction of sp³-hybridized carbons (Fsp3) is 0.615. The zero-order chi connectivity index (χ0) is 15.5. The van der Waals surface area contributed by atoms with E-state index in [1.165, 1.54) is 11.3 Å². The molecular formula is C13H24N6OS. The number of amides is 2. The molecule has 1 aromatic heterocycles. The molecule has 1 heterocycles. The minimum Gasteiger partial charge on any atom is -0.375 e. The van der Waals surface area contributed by atoms with Crippen LogP contribution in [-0.2, 0) is 6.42 Å². The molecule has 0 saturated carbocycles. The van der Waals surface area contributed by atoms with E-state index in [-0.39, 0.29) is 12.0 Å². The summed E-state index contributed by atoms with van der Waals surface area (Å²) in [6.07, 6.45) is 6.66. The minimum atomic E-state index is -0.303. The van der Waals surface area contributed by atoms with E-state index in [2.05, 4.69) is 27.5 Å². The van der Waals surface area contributed by atoms with Crippen molar-refractivity contribution in [2.24, 2.45) is 10.7 Å². The number of rotatable bonds is 8. The van der Waals surface area contributed by atoms with E-state index in [4.69, 9.17) is 11.5 Å². The second kappa shape index (κ2) is 9.98. The summed E-state index contributed by atoms with van der Waals surface area (Å²) in [5.74, 6) is 0.145. The number of carbonyl (C=O) groups excluding carboxylic acids is 1. The maximum atomic E-state index is 11.5. The number of nitrogens with one attached hydrogen (secondary N) is 2. The van der Waals surface area contributed by atoms with Crippen LogP contribution in [0.25, 0.3) is 0 Å². The maximum absolute atomic E-state index is 11.5. The van der Waals surface area contributed by atoms with Crippen LogP contribution < -0.4 is 22.1 Å². The smallest absolute Gasteiger partial charge is 0.321 e. The number of aromatic nitrogens is 1. The molecule has 0 unspecified atom stereocenters. The number of aliphatic imine (C=N–C) groups is 1. The summed E-state index contributed by atoms with van der Waals surface area (Å²) in [5.41, 5.74) is 11.2. The number of nitrogens with zero attached hydrogens (tertiary/aromatic N) is 2. The molecule has 118 valence electrons. The SMILES string of the molecule is CCCCCNC(=O)NC(N)=NCCCc1cnc(N)s1. The number of guanidine groups is 1. The van der Waals surface area contributed by atoms with Crippen LogP contribution in [0.15, 0.2) is 11.2 Å². The van der Waals surface area contributed by atoms with E-state index in [0.717, 1.165) is 37.0 Å². The monoisotopic (exact) mass is 312 g/mol. The normalized spacial score (nSPS) is 11.4. The molecule has 8 heteroatoms. The predicted molar refractivity (Wildman–Crippen MR) is 87.4 cm³/mol.